The summed E-state index contributed by atoms with van der Waals surface area (Å²) in [4.78, 5) is 4.15. The van der Waals surface area contributed by atoms with Crippen LogP contribution >= 0.6 is 15.9 Å². The quantitative estimate of drug-likeness (QED) is 0.912. The summed E-state index contributed by atoms with van der Waals surface area (Å²) in [5.74, 6) is 0.882. The van der Waals surface area contributed by atoms with Gasteiger partial charge in [-0.3, -0.25) is 4.98 Å². The van der Waals surface area contributed by atoms with Crippen molar-refractivity contribution in [3.63, 3.8) is 0 Å². The summed E-state index contributed by atoms with van der Waals surface area (Å²) in [5.41, 5.74) is 2.40. The second-order valence-corrected chi connectivity index (χ2v) is 5.30. The van der Waals surface area contributed by atoms with Crippen LogP contribution in [0.1, 0.15) is 24.1 Å². The van der Waals surface area contributed by atoms with Crippen molar-refractivity contribution in [1.82, 2.24) is 10.3 Å². The predicted octanol–water partition coefficient (Wildman–Crippen LogP) is 3.70. The van der Waals surface area contributed by atoms with Crippen LogP contribution < -0.4 is 10.1 Å². The molecular formula is C15H17BrN2O. The Morgan fingerprint density at radius 2 is 2.00 bits per heavy atom. The van der Waals surface area contributed by atoms with Crippen LogP contribution in [-0.4, -0.2) is 12.1 Å². The molecule has 0 fully saturated rings. The van der Waals surface area contributed by atoms with E-state index in [4.69, 9.17) is 4.74 Å². The lowest BCUT2D eigenvalue weighted by Crippen LogP contribution is -2.18. The molecule has 2 aromatic rings. The van der Waals surface area contributed by atoms with Gasteiger partial charge in [0.05, 0.1) is 7.11 Å². The minimum atomic E-state index is 0.282. The monoisotopic (exact) mass is 320 g/mol. The van der Waals surface area contributed by atoms with Gasteiger partial charge in [0.1, 0.15) is 5.75 Å². The molecule has 0 saturated heterocycles. The topological polar surface area (TPSA) is 34.1 Å². The van der Waals surface area contributed by atoms with Gasteiger partial charge in [-0.05, 0) is 52.2 Å². The molecule has 0 spiro atoms. The van der Waals surface area contributed by atoms with E-state index < -0.39 is 0 Å². The van der Waals surface area contributed by atoms with Crippen LogP contribution in [-0.2, 0) is 6.54 Å². The van der Waals surface area contributed by atoms with Gasteiger partial charge in [-0.1, -0.05) is 12.1 Å². The molecule has 100 valence electrons. The lowest BCUT2D eigenvalue weighted by atomic mass is 10.1. The minimum Gasteiger partial charge on any atom is -0.497 e. The molecule has 0 aliphatic carbocycles. The maximum Gasteiger partial charge on any atom is 0.118 e. The number of methoxy groups -OCH3 is 1. The molecule has 19 heavy (non-hydrogen) atoms. The smallest absolute Gasteiger partial charge is 0.118 e. The number of hydrogen-bond donors (Lipinski definition) is 1. The van der Waals surface area contributed by atoms with Crippen LogP contribution in [0.15, 0.2) is 47.2 Å². The predicted molar refractivity (Wildman–Crippen MR) is 80.2 cm³/mol. The summed E-state index contributed by atoms with van der Waals surface area (Å²) in [7, 11) is 1.68. The number of pyridine rings is 1. The molecule has 1 N–H and O–H groups in total. The second-order valence-electron chi connectivity index (χ2n) is 4.39. The van der Waals surface area contributed by atoms with Gasteiger partial charge in [-0.2, -0.15) is 0 Å². The van der Waals surface area contributed by atoms with Crippen LogP contribution in [0.2, 0.25) is 0 Å². The number of rotatable bonds is 5. The van der Waals surface area contributed by atoms with Crippen molar-refractivity contribution in [1.29, 1.82) is 0 Å². The normalized spacial score (nSPS) is 12.2. The highest BCUT2D eigenvalue weighted by atomic mass is 79.9. The molecule has 1 aromatic carbocycles. The van der Waals surface area contributed by atoms with Crippen molar-refractivity contribution in [2.45, 2.75) is 19.5 Å². The lowest BCUT2D eigenvalue weighted by molar-refractivity contribution is 0.414. The number of ether oxygens (including phenoxy) is 1. The first kappa shape index (κ1) is 14.0. The number of hydrogen-bond acceptors (Lipinski definition) is 3. The average Bonchev–Trinajstić information content (AvgIpc) is 2.45. The third-order valence-electron chi connectivity index (χ3n) is 2.99. The molecule has 1 heterocycles. The van der Waals surface area contributed by atoms with Gasteiger partial charge >= 0.3 is 0 Å². The molecule has 0 aliphatic rings. The van der Waals surface area contributed by atoms with E-state index in [9.17, 15) is 0 Å². The first-order valence-corrected chi connectivity index (χ1v) is 6.95. The Balaban J connectivity index is 1.95. The fourth-order valence-corrected chi connectivity index (χ4v) is 2.25. The van der Waals surface area contributed by atoms with Gasteiger partial charge < -0.3 is 10.1 Å². The Labute approximate surface area is 122 Å². The Morgan fingerprint density at radius 1 is 1.26 bits per heavy atom. The van der Waals surface area contributed by atoms with Crippen molar-refractivity contribution in [3.05, 3.63) is 58.3 Å². The zero-order chi connectivity index (χ0) is 13.7. The van der Waals surface area contributed by atoms with E-state index >= 15 is 0 Å². The Bertz CT molecular complexity index is 528. The van der Waals surface area contributed by atoms with E-state index in [2.05, 4.69) is 51.4 Å². The van der Waals surface area contributed by atoms with Gasteiger partial charge in [0.15, 0.2) is 0 Å². The Kier molecular flexibility index (Phi) is 4.93. The zero-order valence-corrected chi connectivity index (χ0v) is 12.6. The number of halogens is 1. The lowest BCUT2D eigenvalue weighted by Gasteiger charge is -2.14. The van der Waals surface area contributed by atoms with Gasteiger partial charge in [0.25, 0.3) is 0 Å². The molecule has 0 radical (unpaired) electrons. The summed E-state index contributed by atoms with van der Waals surface area (Å²) in [5, 5.41) is 3.48. The Hall–Kier alpha value is -1.39. The fourth-order valence-electron chi connectivity index (χ4n) is 1.83. The maximum absolute atomic E-state index is 5.16. The van der Waals surface area contributed by atoms with Crippen molar-refractivity contribution in [2.75, 3.05) is 7.11 Å². The third kappa shape index (κ3) is 4.04. The summed E-state index contributed by atoms with van der Waals surface area (Å²) < 4.78 is 6.16. The molecule has 1 atom stereocenters. The standard InChI is InChI=1S/C15H17BrN2O/c1-11(13-3-5-15(19-2)6-4-13)18-9-12-7-14(16)10-17-8-12/h3-8,10-11,18H,9H2,1-2H3/t11-/m1/s1. The van der Waals surface area contributed by atoms with Gasteiger partial charge in [0, 0.05) is 29.5 Å². The number of nitrogens with one attached hydrogen (secondary N) is 1. The molecule has 0 aliphatic heterocycles. The fraction of sp³-hybridized carbons (Fsp3) is 0.267. The summed E-state index contributed by atoms with van der Waals surface area (Å²) >= 11 is 3.43. The summed E-state index contributed by atoms with van der Waals surface area (Å²) in [6, 6.07) is 10.5. The van der Waals surface area contributed by atoms with Crippen molar-refractivity contribution in [2.24, 2.45) is 0 Å². The molecule has 0 amide bonds. The Morgan fingerprint density at radius 3 is 2.63 bits per heavy atom. The van der Waals surface area contributed by atoms with E-state index in [0.29, 0.717) is 0 Å². The summed E-state index contributed by atoms with van der Waals surface area (Å²) in [6.07, 6.45) is 3.66. The first-order chi connectivity index (χ1) is 9.19. The average molecular weight is 321 g/mol. The van der Waals surface area contributed by atoms with Crippen LogP contribution in [0, 0.1) is 0 Å². The molecule has 0 bridgehead atoms. The molecule has 2 rings (SSSR count). The van der Waals surface area contributed by atoms with Crippen LogP contribution in [0.4, 0.5) is 0 Å². The summed E-state index contributed by atoms with van der Waals surface area (Å²) in [6.45, 7) is 2.94. The minimum absolute atomic E-state index is 0.282. The highest BCUT2D eigenvalue weighted by molar-refractivity contribution is 9.10. The van der Waals surface area contributed by atoms with Crippen molar-refractivity contribution in [3.8, 4) is 5.75 Å². The zero-order valence-electron chi connectivity index (χ0n) is 11.1. The van der Waals surface area contributed by atoms with Crippen LogP contribution in [0.5, 0.6) is 5.75 Å². The number of benzene rings is 1. The van der Waals surface area contributed by atoms with E-state index in [0.717, 1.165) is 22.3 Å². The van der Waals surface area contributed by atoms with Gasteiger partial charge in [-0.15, -0.1) is 0 Å². The van der Waals surface area contributed by atoms with E-state index in [1.54, 1.807) is 13.3 Å². The molecule has 0 saturated carbocycles. The van der Waals surface area contributed by atoms with Crippen molar-refractivity contribution >= 4 is 15.9 Å². The van der Waals surface area contributed by atoms with Crippen LogP contribution in [0.3, 0.4) is 0 Å². The number of nitrogens with zero attached hydrogens (tertiary/aromatic N) is 1. The van der Waals surface area contributed by atoms with Crippen LogP contribution in [0.25, 0.3) is 0 Å². The van der Waals surface area contributed by atoms with E-state index in [1.807, 2.05) is 18.3 Å². The maximum atomic E-state index is 5.16. The molecule has 0 unspecified atom stereocenters. The third-order valence-corrected chi connectivity index (χ3v) is 3.42. The van der Waals surface area contributed by atoms with E-state index in [-0.39, 0.29) is 6.04 Å². The number of aromatic nitrogens is 1. The first-order valence-electron chi connectivity index (χ1n) is 6.16. The second kappa shape index (κ2) is 6.68. The largest absolute Gasteiger partial charge is 0.497 e. The van der Waals surface area contributed by atoms with Gasteiger partial charge in [-0.25, -0.2) is 0 Å². The molecule has 3 nitrogen and oxygen atoms in total. The molecule has 4 heteroatoms. The van der Waals surface area contributed by atoms with E-state index in [1.165, 1.54) is 5.56 Å². The SMILES string of the molecule is COc1ccc([C@@H](C)NCc2cncc(Br)c2)cc1. The highest BCUT2D eigenvalue weighted by Crippen LogP contribution is 2.18. The molecule has 1 aromatic heterocycles. The molecular weight excluding hydrogens is 304 g/mol. The highest BCUT2D eigenvalue weighted by Gasteiger charge is 2.05. The van der Waals surface area contributed by atoms with Crippen molar-refractivity contribution < 1.29 is 4.74 Å². The van der Waals surface area contributed by atoms with Gasteiger partial charge in [0.2, 0.25) is 0 Å².